The van der Waals surface area contributed by atoms with E-state index >= 15 is 0 Å². The van der Waals surface area contributed by atoms with E-state index in [1.807, 2.05) is 26.0 Å². The number of rotatable bonds is 4. The van der Waals surface area contributed by atoms with Gasteiger partial charge in [0.1, 0.15) is 0 Å². The van der Waals surface area contributed by atoms with Gasteiger partial charge in [-0.1, -0.05) is 37.6 Å². The summed E-state index contributed by atoms with van der Waals surface area (Å²) in [5, 5.41) is 11.0. The van der Waals surface area contributed by atoms with Crippen molar-refractivity contribution in [3.8, 4) is 11.5 Å². The van der Waals surface area contributed by atoms with Crippen LogP contribution >= 0.6 is 11.6 Å². The van der Waals surface area contributed by atoms with Crippen molar-refractivity contribution >= 4 is 17.5 Å². The quantitative estimate of drug-likeness (QED) is 0.934. The van der Waals surface area contributed by atoms with E-state index in [1.165, 1.54) is 0 Å². The fourth-order valence-corrected chi connectivity index (χ4v) is 1.65. The van der Waals surface area contributed by atoms with Crippen LogP contribution in [0.3, 0.4) is 0 Å². The molecule has 1 heterocycles. The second-order valence-electron chi connectivity index (χ2n) is 4.35. The summed E-state index contributed by atoms with van der Waals surface area (Å²) in [5.74, 6) is 0.562. The number of hydrogen-bond acceptors (Lipinski definition) is 4. The Morgan fingerprint density at radius 2 is 2.11 bits per heavy atom. The van der Waals surface area contributed by atoms with Crippen LogP contribution in [0.1, 0.15) is 19.7 Å². The van der Waals surface area contributed by atoms with Crippen LogP contribution in [0, 0.1) is 5.92 Å². The molecule has 2 rings (SSSR count). The summed E-state index contributed by atoms with van der Waals surface area (Å²) in [6, 6.07) is 7.21. The number of carbonyl (C=O) groups is 1. The summed E-state index contributed by atoms with van der Waals surface area (Å²) in [5.41, 5.74) is 0.679. The fourth-order valence-electron chi connectivity index (χ4n) is 1.44. The van der Waals surface area contributed by atoms with E-state index in [1.54, 1.807) is 12.1 Å². The summed E-state index contributed by atoms with van der Waals surface area (Å²) < 4.78 is 5.46. The normalized spacial score (nSPS) is 10.7. The molecule has 0 atom stereocenters. The lowest BCUT2D eigenvalue weighted by Gasteiger charge is -2.04. The zero-order valence-corrected chi connectivity index (χ0v) is 11.4. The van der Waals surface area contributed by atoms with Crippen molar-refractivity contribution < 1.29 is 9.21 Å². The molecule has 1 amide bonds. The van der Waals surface area contributed by atoms with Gasteiger partial charge < -0.3 is 9.73 Å². The highest BCUT2D eigenvalue weighted by Gasteiger charge is 2.13. The third kappa shape index (κ3) is 3.32. The van der Waals surface area contributed by atoms with Crippen LogP contribution in [0.2, 0.25) is 5.02 Å². The molecule has 0 unspecified atom stereocenters. The highest BCUT2D eigenvalue weighted by Crippen LogP contribution is 2.26. The smallest absolute Gasteiger partial charge is 0.249 e. The molecule has 1 aromatic carbocycles. The maximum absolute atomic E-state index is 11.4. The number of benzene rings is 1. The Balaban J connectivity index is 2.08. The van der Waals surface area contributed by atoms with Crippen molar-refractivity contribution in [2.75, 3.05) is 0 Å². The molecule has 0 radical (unpaired) electrons. The maximum Gasteiger partial charge on any atom is 0.249 e. The molecule has 1 aromatic heterocycles. The molecule has 0 spiro atoms. The van der Waals surface area contributed by atoms with Crippen molar-refractivity contribution in [2.24, 2.45) is 5.92 Å². The predicted molar refractivity (Wildman–Crippen MR) is 71.4 cm³/mol. The Morgan fingerprint density at radius 3 is 2.79 bits per heavy atom. The van der Waals surface area contributed by atoms with Gasteiger partial charge in [-0.2, -0.15) is 0 Å². The van der Waals surface area contributed by atoms with Gasteiger partial charge in [0.25, 0.3) is 0 Å². The van der Waals surface area contributed by atoms with Crippen molar-refractivity contribution in [3.05, 3.63) is 35.2 Å². The summed E-state index contributed by atoms with van der Waals surface area (Å²) in [6.07, 6.45) is 0. The standard InChI is InChI=1S/C13H14ClN3O2/c1-8(2)12(18)15-7-11-16-17-13(19-11)9-5-3-4-6-10(9)14/h3-6,8H,7H2,1-2H3,(H,15,18). The van der Waals surface area contributed by atoms with E-state index in [9.17, 15) is 4.79 Å². The second-order valence-corrected chi connectivity index (χ2v) is 4.76. The van der Waals surface area contributed by atoms with Crippen LogP contribution in [-0.4, -0.2) is 16.1 Å². The van der Waals surface area contributed by atoms with Gasteiger partial charge in [0.05, 0.1) is 17.1 Å². The Hall–Kier alpha value is -1.88. The van der Waals surface area contributed by atoms with Crippen molar-refractivity contribution in [2.45, 2.75) is 20.4 Å². The molecule has 19 heavy (non-hydrogen) atoms. The Morgan fingerprint density at radius 1 is 1.37 bits per heavy atom. The molecule has 0 saturated carbocycles. The van der Waals surface area contributed by atoms with Crippen LogP contribution < -0.4 is 5.32 Å². The summed E-state index contributed by atoms with van der Waals surface area (Å²) in [4.78, 5) is 11.4. The van der Waals surface area contributed by atoms with Crippen LogP contribution in [0.25, 0.3) is 11.5 Å². The topological polar surface area (TPSA) is 68.0 Å². The number of hydrogen-bond donors (Lipinski definition) is 1. The molecule has 0 fully saturated rings. The molecule has 2 aromatic rings. The molecule has 5 nitrogen and oxygen atoms in total. The number of carbonyl (C=O) groups excluding carboxylic acids is 1. The highest BCUT2D eigenvalue weighted by atomic mass is 35.5. The predicted octanol–water partition coefficient (Wildman–Crippen LogP) is 2.66. The first-order chi connectivity index (χ1) is 9.08. The van der Waals surface area contributed by atoms with E-state index in [2.05, 4.69) is 15.5 Å². The minimum Gasteiger partial charge on any atom is -0.419 e. The van der Waals surface area contributed by atoms with Crippen LogP contribution in [0.15, 0.2) is 28.7 Å². The van der Waals surface area contributed by atoms with E-state index < -0.39 is 0 Å². The maximum atomic E-state index is 11.4. The van der Waals surface area contributed by atoms with Gasteiger partial charge in [-0.3, -0.25) is 4.79 Å². The van der Waals surface area contributed by atoms with Gasteiger partial charge >= 0.3 is 0 Å². The molecule has 0 aliphatic heterocycles. The third-order valence-electron chi connectivity index (χ3n) is 2.51. The summed E-state index contributed by atoms with van der Waals surface area (Å²) in [6.45, 7) is 3.85. The van der Waals surface area contributed by atoms with Gasteiger partial charge in [-0.15, -0.1) is 10.2 Å². The molecule has 0 aliphatic carbocycles. The largest absolute Gasteiger partial charge is 0.419 e. The first-order valence-corrected chi connectivity index (χ1v) is 6.30. The SMILES string of the molecule is CC(C)C(=O)NCc1nnc(-c2ccccc2Cl)o1. The molecular formula is C13H14ClN3O2. The fraction of sp³-hybridized carbons (Fsp3) is 0.308. The number of amides is 1. The Bertz CT molecular complexity index is 581. The number of nitrogens with one attached hydrogen (secondary N) is 1. The molecule has 6 heteroatoms. The monoisotopic (exact) mass is 279 g/mol. The summed E-state index contributed by atoms with van der Waals surface area (Å²) in [7, 11) is 0. The average Bonchev–Trinajstić information content (AvgIpc) is 2.85. The van der Waals surface area contributed by atoms with E-state index in [0.717, 1.165) is 0 Å². The Kier molecular flexibility index (Phi) is 4.16. The van der Waals surface area contributed by atoms with Crippen molar-refractivity contribution in [3.63, 3.8) is 0 Å². The molecule has 0 saturated heterocycles. The van der Waals surface area contributed by atoms with E-state index in [4.69, 9.17) is 16.0 Å². The minimum absolute atomic E-state index is 0.0579. The lowest BCUT2D eigenvalue weighted by Crippen LogP contribution is -2.27. The van der Waals surface area contributed by atoms with Crippen molar-refractivity contribution in [1.82, 2.24) is 15.5 Å². The average molecular weight is 280 g/mol. The van der Waals surface area contributed by atoms with E-state index in [-0.39, 0.29) is 18.4 Å². The molecule has 0 aliphatic rings. The molecule has 100 valence electrons. The van der Waals surface area contributed by atoms with Crippen LogP contribution in [-0.2, 0) is 11.3 Å². The summed E-state index contributed by atoms with van der Waals surface area (Å²) >= 11 is 6.04. The number of aromatic nitrogens is 2. The van der Waals surface area contributed by atoms with Gasteiger partial charge in [0, 0.05) is 5.92 Å². The Labute approximate surface area is 116 Å². The molecule has 1 N–H and O–H groups in total. The van der Waals surface area contributed by atoms with Gasteiger partial charge in [0.15, 0.2) is 0 Å². The van der Waals surface area contributed by atoms with Crippen molar-refractivity contribution in [1.29, 1.82) is 0 Å². The zero-order valence-electron chi connectivity index (χ0n) is 10.7. The molecular weight excluding hydrogens is 266 g/mol. The van der Waals surface area contributed by atoms with Crippen LogP contribution in [0.4, 0.5) is 0 Å². The van der Waals surface area contributed by atoms with Gasteiger partial charge in [-0.05, 0) is 12.1 Å². The molecule has 0 bridgehead atoms. The minimum atomic E-state index is -0.0778. The van der Waals surface area contributed by atoms with Gasteiger partial charge in [-0.25, -0.2) is 0 Å². The van der Waals surface area contributed by atoms with Crippen LogP contribution in [0.5, 0.6) is 0 Å². The lowest BCUT2D eigenvalue weighted by atomic mass is 10.2. The number of nitrogens with zero attached hydrogens (tertiary/aromatic N) is 2. The first-order valence-electron chi connectivity index (χ1n) is 5.93. The lowest BCUT2D eigenvalue weighted by molar-refractivity contribution is -0.124. The zero-order chi connectivity index (χ0) is 13.8. The second kappa shape index (κ2) is 5.84. The van der Waals surface area contributed by atoms with Gasteiger partial charge in [0.2, 0.25) is 17.7 Å². The van der Waals surface area contributed by atoms with E-state index in [0.29, 0.717) is 22.4 Å². The first kappa shape index (κ1) is 13.5. The third-order valence-corrected chi connectivity index (χ3v) is 2.84. The number of halogens is 1. The highest BCUT2D eigenvalue weighted by molar-refractivity contribution is 6.33.